The average molecular weight is 347 g/mol. The highest BCUT2D eigenvalue weighted by atomic mass is 32.2. The minimum absolute atomic E-state index is 0.248. The van der Waals surface area contributed by atoms with Crippen LogP contribution in [-0.4, -0.2) is 51.7 Å². The van der Waals surface area contributed by atoms with Crippen LogP contribution in [0.15, 0.2) is 29.8 Å². The lowest BCUT2D eigenvalue weighted by molar-refractivity contribution is -0.137. The number of esters is 1. The van der Waals surface area contributed by atoms with Gasteiger partial charge in [-0.1, -0.05) is 11.8 Å². The summed E-state index contributed by atoms with van der Waals surface area (Å²) in [5, 5.41) is 5.01. The third kappa shape index (κ3) is 4.05. The van der Waals surface area contributed by atoms with E-state index >= 15 is 0 Å². The lowest BCUT2D eigenvalue weighted by Gasteiger charge is -2.32. The van der Waals surface area contributed by atoms with Gasteiger partial charge in [0, 0.05) is 26.3 Å². The summed E-state index contributed by atoms with van der Waals surface area (Å²) >= 11 is 1.35. The molecule has 8 heteroatoms. The van der Waals surface area contributed by atoms with Crippen LogP contribution in [0.2, 0.25) is 0 Å². The zero-order valence-electron chi connectivity index (χ0n) is 13.9. The Morgan fingerprint density at radius 3 is 2.79 bits per heavy atom. The topological polar surface area (TPSA) is 73.1 Å². The van der Waals surface area contributed by atoms with E-state index in [0.29, 0.717) is 5.92 Å². The molecule has 0 atom stereocenters. The van der Waals surface area contributed by atoms with Crippen LogP contribution in [0, 0.1) is 0 Å². The number of anilines is 1. The number of hydrogen-bond acceptors (Lipinski definition) is 7. The van der Waals surface area contributed by atoms with Crippen molar-refractivity contribution in [3.8, 4) is 0 Å². The fraction of sp³-hybridized carbons (Fsp3) is 0.500. The van der Waals surface area contributed by atoms with Gasteiger partial charge >= 0.3 is 5.97 Å². The van der Waals surface area contributed by atoms with Crippen molar-refractivity contribution in [3.05, 3.63) is 30.4 Å². The second-order valence-corrected chi connectivity index (χ2v) is 6.78. The van der Waals surface area contributed by atoms with Gasteiger partial charge in [0.05, 0.1) is 31.5 Å². The molecule has 2 aromatic heterocycles. The maximum absolute atomic E-state index is 11.2. The number of nitrogens with zero attached hydrogens (tertiary/aromatic N) is 5. The molecule has 128 valence electrons. The van der Waals surface area contributed by atoms with E-state index in [1.165, 1.54) is 24.4 Å². The summed E-state index contributed by atoms with van der Waals surface area (Å²) < 4.78 is 6.51. The summed E-state index contributed by atoms with van der Waals surface area (Å²) in [6.07, 6.45) is 9.68. The van der Waals surface area contributed by atoms with Crippen molar-refractivity contribution in [1.82, 2.24) is 19.7 Å². The third-order valence-electron chi connectivity index (χ3n) is 4.18. The zero-order valence-corrected chi connectivity index (χ0v) is 14.7. The minimum Gasteiger partial charge on any atom is -0.468 e. The molecule has 0 spiro atoms. The number of piperidine rings is 1. The first-order chi connectivity index (χ1) is 11.7. The van der Waals surface area contributed by atoms with E-state index in [0.717, 1.165) is 36.8 Å². The SMILES string of the molecule is COC(=O)CSc1cncc(N2CCC(c3cnn(C)c3)CC2)n1. The second-order valence-electron chi connectivity index (χ2n) is 5.79. The van der Waals surface area contributed by atoms with E-state index in [4.69, 9.17) is 0 Å². The number of carbonyl (C=O) groups is 1. The van der Waals surface area contributed by atoms with Crippen LogP contribution >= 0.6 is 11.8 Å². The number of aryl methyl sites for hydroxylation is 1. The Balaban J connectivity index is 1.59. The van der Waals surface area contributed by atoms with Crippen LogP contribution in [0.25, 0.3) is 0 Å². The molecule has 0 saturated carbocycles. The van der Waals surface area contributed by atoms with Crippen LogP contribution in [0.3, 0.4) is 0 Å². The summed E-state index contributed by atoms with van der Waals surface area (Å²) in [7, 11) is 3.34. The predicted molar refractivity (Wildman–Crippen MR) is 92.2 cm³/mol. The fourth-order valence-electron chi connectivity index (χ4n) is 2.84. The van der Waals surface area contributed by atoms with Gasteiger partial charge in [-0.15, -0.1) is 0 Å². The van der Waals surface area contributed by atoms with Crippen molar-refractivity contribution in [2.24, 2.45) is 7.05 Å². The number of methoxy groups -OCH3 is 1. The van der Waals surface area contributed by atoms with Gasteiger partial charge in [0.2, 0.25) is 0 Å². The summed E-state index contributed by atoms with van der Waals surface area (Å²) in [4.78, 5) is 22.3. The first-order valence-corrected chi connectivity index (χ1v) is 8.89. The highest BCUT2D eigenvalue weighted by Crippen LogP contribution is 2.29. The first kappa shape index (κ1) is 16.8. The molecular formula is C16H21N5O2S. The number of carbonyl (C=O) groups excluding carboxylic acids is 1. The quantitative estimate of drug-likeness (QED) is 0.604. The molecule has 0 aromatic carbocycles. The molecule has 0 radical (unpaired) electrons. The second kappa shape index (κ2) is 7.65. The average Bonchev–Trinajstić information content (AvgIpc) is 3.06. The summed E-state index contributed by atoms with van der Waals surface area (Å²) in [6, 6.07) is 0. The molecule has 3 heterocycles. The Bertz CT molecular complexity index is 697. The summed E-state index contributed by atoms with van der Waals surface area (Å²) in [5.41, 5.74) is 1.31. The van der Waals surface area contributed by atoms with Gasteiger partial charge in [-0.3, -0.25) is 14.5 Å². The van der Waals surface area contributed by atoms with E-state index in [-0.39, 0.29) is 11.7 Å². The Morgan fingerprint density at radius 1 is 1.33 bits per heavy atom. The standard InChI is InChI=1S/C16H21N5O2S/c1-20-10-13(7-18-20)12-3-5-21(6-4-12)14-8-17-9-15(19-14)24-11-16(22)23-2/h7-10,12H,3-6,11H2,1-2H3. The lowest BCUT2D eigenvalue weighted by Crippen LogP contribution is -2.33. The van der Waals surface area contributed by atoms with Gasteiger partial charge < -0.3 is 9.64 Å². The van der Waals surface area contributed by atoms with E-state index < -0.39 is 0 Å². The smallest absolute Gasteiger partial charge is 0.316 e. The maximum Gasteiger partial charge on any atom is 0.316 e. The molecule has 1 saturated heterocycles. The first-order valence-electron chi connectivity index (χ1n) is 7.91. The van der Waals surface area contributed by atoms with Crippen molar-refractivity contribution >= 4 is 23.5 Å². The molecule has 1 aliphatic rings. The Hall–Kier alpha value is -2.09. The molecule has 3 rings (SSSR count). The van der Waals surface area contributed by atoms with Gasteiger partial charge in [0.25, 0.3) is 0 Å². The largest absolute Gasteiger partial charge is 0.468 e. The molecule has 7 nitrogen and oxygen atoms in total. The summed E-state index contributed by atoms with van der Waals surface area (Å²) in [5.74, 6) is 1.41. The highest BCUT2D eigenvalue weighted by Gasteiger charge is 2.22. The number of hydrogen-bond donors (Lipinski definition) is 0. The Labute approximate surface area is 145 Å². The van der Waals surface area contributed by atoms with Crippen molar-refractivity contribution in [2.45, 2.75) is 23.8 Å². The minimum atomic E-state index is -0.260. The van der Waals surface area contributed by atoms with E-state index in [9.17, 15) is 4.79 Å². The fourth-order valence-corrected chi connectivity index (χ4v) is 3.52. The van der Waals surface area contributed by atoms with Crippen LogP contribution in [0.4, 0.5) is 5.82 Å². The molecule has 0 unspecified atom stereocenters. The molecule has 24 heavy (non-hydrogen) atoms. The third-order valence-corrected chi connectivity index (χ3v) is 5.05. The van der Waals surface area contributed by atoms with Crippen molar-refractivity contribution in [3.63, 3.8) is 0 Å². The van der Waals surface area contributed by atoms with Gasteiger partial charge in [0.1, 0.15) is 10.8 Å². The predicted octanol–water partition coefficient (Wildman–Crippen LogP) is 1.86. The van der Waals surface area contributed by atoms with Crippen LogP contribution in [0.5, 0.6) is 0 Å². The van der Waals surface area contributed by atoms with Crippen molar-refractivity contribution < 1.29 is 9.53 Å². The molecule has 0 aliphatic carbocycles. The Kier molecular flexibility index (Phi) is 5.34. The number of thioether (sulfide) groups is 1. The molecule has 0 bridgehead atoms. The number of rotatable bonds is 5. The molecule has 0 N–H and O–H groups in total. The van der Waals surface area contributed by atoms with Gasteiger partial charge in [0.15, 0.2) is 0 Å². The van der Waals surface area contributed by atoms with E-state index in [1.807, 2.05) is 17.9 Å². The normalized spacial score (nSPS) is 15.5. The van der Waals surface area contributed by atoms with Crippen LogP contribution in [0.1, 0.15) is 24.3 Å². The van der Waals surface area contributed by atoms with Crippen LogP contribution < -0.4 is 4.90 Å². The van der Waals surface area contributed by atoms with Crippen molar-refractivity contribution in [2.75, 3.05) is 30.9 Å². The number of aromatic nitrogens is 4. The molecular weight excluding hydrogens is 326 g/mol. The number of ether oxygens (including phenoxy) is 1. The molecule has 0 amide bonds. The molecule has 1 aliphatic heterocycles. The van der Waals surface area contributed by atoms with E-state index in [1.54, 1.807) is 12.4 Å². The maximum atomic E-state index is 11.2. The van der Waals surface area contributed by atoms with Gasteiger partial charge in [-0.25, -0.2) is 4.98 Å². The zero-order chi connectivity index (χ0) is 16.9. The highest BCUT2D eigenvalue weighted by molar-refractivity contribution is 7.99. The molecule has 2 aromatic rings. The van der Waals surface area contributed by atoms with Gasteiger partial charge in [-0.2, -0.15) is 5.10 Å². The van der Waals surface area contributed by atoms with E-state index in [2.05, 4.69) is 30.9 Å². The van der Waals surface area contributed by atoms with Crippen LogP contribution in [-0.2, 0) is 16.6 Å². The monoisotopic (exact) mass is 347 g/mol. The molecule has 1 fully saturated rings. The Morgan fingerprint density at radius 2 is 2.12 bits per heavy atom. The lowest BCUT2D eigenvalue weighted by atomic mass is 9.92. The van der Waals surface area contributed by atoms with Gasteiger partial charge in [-0.05, 0) is 24.3 Å². The summed E-state index contributed by atoms with van der Waals surface area (Å²) in [6.45, 7) is 1.89. The van der Waals surface area contributed by atoms with Crippen molar-refractivity contribution in [1.29, 1.82) is 0 Å².